The second-order valence-corrected chi connectivity index (χ2v) is 8.80. The van der Waals surface area contributed by atoms with Gasteiger partial charge < -0.3 is 14.8 Å². The van der Waals surface area contributed by atoms with E-state index in [4.69, 9.17) is 9.47 Å². The number of rotatable bonds is 8. The van der Waals surface area contributed by atoms with Crippen molar-refractivity contribution >= 4 is 27.7 Å². The second kappa shape index (κ2) is 11.1. The highest BCUT2D eigenvalue weighted by molar-refractivity contribution is 8.76. The van der Waals surface area contributed by atoms with E-state index in [2.05, 4.69) is 17.2 Å². The third-order valence-electron chi connectivity index (χ3n) is 4.26. The molecule has 0 radical (unpaired) electrons. The molecule has 0 aromatic heterocycles. The fraction of sp³-hybridized carbons (Fsp3) is 0.318. The summed E-state index contributed by atoms with van der Waals surface area (Å²) < 4.78 is 11.3. The Balaban J connectivity index is 1.62. The van der Waals surface area contributed by atoms with E-state index >= 15 is 0 Å². The molecular formula is C22H23NO3S2. The molecule has 1 aliphatic carbocycles. The average Bonchev–Trinajstić information content (AvgIpc) is 2.71. The van der Waals surface area contributed by atoms with Crippen molar-refractivity contribution in [3.8, 4) is 11.8 Å². The number of alkyl carbamates (subject to hydrolysis) is 1. The van der Waals surface area contributed by atoms with E-state index in [9.17, 15) is 4.79 Å². The second-order valence-electron chi connectivity index (χ2n) is 6.12. The zero-order valence-corrected chi connectivity index (χ0v) is 17.4. The SMILES string of the molecule is CSSCCOCCNC(=O)OC1Cc2ccccc2C#Cc2ccccc21. The Morgan fingerprint density at radius 1 is 1.11 bits per heavy atom. The van der Waals surface area contributed by atoms with Crippen molar-refractivity contribution in [1.29, 1.82) is 0 Å². The van der Waals surface area contributed by atoms with Crippen molar-refractivity contribution in [1.82, 2.24) is 5.32 Å². The summed E-state index contributed by atoms with van der Waals surface area (Å²) in [7, 11) is 3.48. The third kappa shape index (κ3) is 5.96. The Labute approximate surface area is 174 Å². The number of carbonyl (C=O) groups is 1. The molecule has 6 heteroatoms. The predicted molar refractivity (Wildman–Crippen MR) is 117 cm³/mol. The van der Waals surface area contributed by atoms with Crippen molar-refractivity contribution in [2.75, 3.05) is 31.8 Å². The highest BCUT2D eigenvalue weighted by Gasteiger charge is 2.22. The van der Waals surface area contributed by atoms with Crippen LogP contribution >= 0.6 is 21.6 Å². The van der Waals surface area contributed by atoms with E-state index in [0.29, 0.717) is 26.2 Å². The lowest BCUT2D eigenvalue weighted by atomic mass is 9.92. The van der Waals surface area contributed by atoms with Crippen LogP contribution in [0.4, 0.5) is 4.79 Å². The zero-order valence-electron chi connectivity index (χ0n) is 15.8. The molecule has 0 saturated carbocycles. The molecule has 2 aromatic carbocycles. The van der Waals surface area contributed by atoms with Crippen LogP contribution in [0.2, 0.25) is 0 Å². The van der Waals surface area contributed by atoms with Gasteiger partial charge in [0.2, 0.25) is 0 Å². The van der Waals surface area contributed by atoms with Gasteiger partial charge in [0.05, 0.1) is 13.2 Å². The molecule has 4 nitrogen and oxygen atoms in total. The lowest BCUT2D eigenvalue weighted by molar-refractivity contribution is 0.0918. The molecule has 0 saturated heterocycles. The Hall–Kier alpha value is -2.07. The minimum absolute atomic E-state index is 0.383. The van der Waals surface area contributed by atoms with Gasteiger partial charge in [0.1, 0.15) is 6.10 Å². The Morgan fingerprint density at radius 2 is 1.86 bits per heavy atom. The van der Waals surface area contributed by atoms with Gasteiger partial charge in [-0.1, -0.05) is 69.8 Å². The van der Waals surface area contributed by atoms with Gasteiger partial charge in [-0.3, -0.25) is 0 Å². The maximum atomic E-state index is 12.3. The minimum atomic E-state index is -0.437. The molecule has 146 valence electrons. The molecule has 2 aromatic rings. The van der Waals surface area contributed by atoms with Gasteiger partial charge in [-0.2, -0.15) is 0 Å². The normalized spacial score (nSPS) is 14.5. The van der Waals surface area contributed by atoms with Gasteiger partial charge >= 0.3 is 6.09 Å². The monoisotopic (exact) mass is 413 g/mol. The highest BCUT2D eigenvalue weighted by atomic mass is 33.1. The first-order valence-electron chi connectivity index (χ1n) is 9.14. The molecule has 28 heavy (non-hydrogen) atoms. The van der Waals surface area contributed by atoms with Crippen molar-refractivity contribution in [3.05, 3.63) is 70.8 Å². The van der Waals surface area contributed by atoms with Gasteiger partial charge in [-0.05, 0) is 24.0 Å². The van der Waals surface area contributed by atoms with Crippen LogP contribution in [0, 0.1) is 11.8 Å². The summed E-state index contributed by atoms with van der Waals surface area (Å²) in [5, 5.41) is 2.78. The maximum absolute atomic E-state index is 12.3. The van der Waals surface area contributed by atoms with Gasteiger partial charge in [-0.15, -0.1) is 0 Å². The molecule has 0 heterocycles. The number of benzene rings is 2. The molecule has 0 spiro atoms. The Bertz CT molecular complexity index is 860. The molecule has 1 N–H and O–H groups in total. The van der Waals surface area contributed by atoms with Crippen molar-refractivity contribution in [2.24, 2.45) is 0 Å². The van der Waals surface area contributed by atoms with E-state index < -0.39 is 6.09 Å². The first kappa shape index (κ1) is 20.7. The summed E-state index contributed by atoms with van der Waals surface area (Å²) in [4.78, 5) is 12.3. The smallest absolute Gasteiger partial charge is 0.407 e. The fourth-order valence-corrected chi connectivity index (χ4v) is 3.99. The number of fused-ring (bicyclic) bond motifs is 2. The van der Waals surface area contributed by atoms with E-state index in [1.165, 1.54) is 0 Å². The number of amides is 1. The summed E-state index contributed by atoms with van der Waals surface area (Å²) in [5.74, 6) is 7.38. The standard InChI is InChI=1S/C22H23NO3S2/c1-27-28-15-14-25-13-12-23-22(24)26-21-16-19-8-3-2-6-17(19)10-11-18-7-4-5-9-20(18)21/h2-9,21H,12-16H2,1H3,(H,23,24). The molecule has 3 rings (SSSR count). The topological polar surface area (TPSA) is 47.6 Å². The fourth-order valence-electron chi connectivity index (χ4n) is 2.94. The van der Waals surface area contributed by atoms with Gasteiger partial charge in [0.25, 0.3) is 0 Å². The van der Waals surface area contributed by atoms with E-state index in [1.54, 1.807) is 21.6 Å². The van der Waals surface area contributed by atoms with E-state index in [0.717, 1.165) is 28.0 Å². The zero-order chi connectivity index (χ0) is 19.6. The summed E-state index contributed by atoms with van der Waals surface area (Å²) in [6, 6.07) is 15.8. The third-order valence-corrected chi connectivity index (χ3v) is 6.03. The predicted octanol–water partition coefficient (Wildman–Crippen LogP) is 4.44. The van der Waals surface area contributed by atoms with Crippen molar-refractivity contribution in [2.45, 2.75) is 12.5 Å². The molecule has 1 aliphatic rings. The van der Waals surface area contributed by atoms with Crippen LogP contribution in [0.15, 0.2) is 48.5 Å². The minimum Gasteiger partial charge on any atom is -0.441 e. The molecule has 1 atom stereocenters. The van der Waals surface area contributed by atoms with Crippen LogP contribution in [0.1, 0.15) is 28.4 Å². The van der Waals surface area contributed by atoms with Gasteiger partial charge in [-0.25, -0.2) is 4.79 Å². The number of hydrogen-bond acceptors (Lipinski definition) is 5. The Kier molecular flexibility index (Phi) is 8.16. The van der Waals surface area contributed by atoms with Crippen LogP contribution in [-0.4, -0.2) is 37.9 Å². The lowest BCUT2D eigenvalue weighted by Crippen LogP contribution is -2.30. The first-order chi connectivity index (χ1) is 13.8. The quantitative estimate of drug-likeness (QED) is 0.394. The number of hydrogen-bond donors (Lipinski definition) is 1. The number of nitrogens with one attached hydrogen (secondary N) is 1. The van der Waals surface area contributed by atoms with Crippen LogP contribution < -0.4 is 5.32 Å². The van der Waals surface area contributed by atoms with E-state index in [1.807, 2.05) is 54.8 Å². The largest absolute Gasteiger partial charge is 0.441 e. The molecule has 1 unspecified atom stereocenters. The molecule has 0 bridgehead atoms. The van der Waals surface area contributed by atoms with Crippen molar-refractivity contribution < 1.29 is 14.3 Å². The van der Waals surface area contributed by atoms with Gasteiger partial charge in [0.15, 0.2) is 0 Å². The van der Waals surface area contributed by atoms with Gasteiger partial charge in [0, 0.05) is 35.4 Å². The summed E-state index contributed by atoms with van der Waals surface area (Å²) in [5.41, 5.74) is 3.88. The average molecular weight is 414 g/mol. The van der Waals surface area contributed by atoms with Crippen LogP contribution in [0.3, 0.4) is 0 Å². The number of carbonyl (C=O) groups excluding carboxylic acids is 1. The van der Waals surface area contributed by atoms with Crippen LogP contribution in [-0.2, 0) is 15.9 Å². The first-order valence-corrected chi connectivity index (χ1v) is 11.9. The molecule has 0 aliphatic heterocycles. The summed E-state index contributed by atoms with van der Waals surface area (Å²) in [6.45, 7) is 1.57. The molecule has 0 fully saturated rings. The maximum Gasteiger partial charge on any atom is 0.407 e. The summed E-state index contributed by atoms with van der Waals surface area (Å²) >= 11 is 0. The van der Waals surface area contributed by atoms with Crippen molar-refractivity contribution in [3.63, 3.8) is 0 Å². The molecule has 1 amide bonds. The summed E-state index contributed by atoms with van der Waals surface area (Å²) in [6.07, 6.45) is 1.82. The van der Waals surface area contributed by atoms with E-state index in [-0.39, 0.29) is 6.10 Å². The van der Waals surface area contributed by atoms with Crippen LogP contribution in [0.25, 0.3) is 0 Å². The van der Waals surface area contributed by atoms with Crippen LogP contribution in [0.5, 0.6) is 0 Å². The molecular weight excluding hydrogens is 390 g/mol. The lowest BCUT2D eigenvalue weighted by Gasteiger charge is -2.22. The number of ether oxygens (including phenoxy) is 2. The Morgan fingerprint density at radius 3 is 2.71 bits per heavy atom. The highest BCUT2D eigenvalue weighted by Crippen LogP contribution is 2.28.